The molecule has 1 heteroatoms. The zero-order valence-electron chi connectivity index (χ0n) is 9.65. The smallest absolute Gasteiger partial charge is 0.0928 e. The monoisotopic (exact) mass is 204 g/mol. The zero-order chi connectivity index (χ0) is 10.5. The minimum absolute atomic E-state index is 0.756. The van der Waals surface area contributed by atoms with Crippen molar-refractivity contribution in [1.82, 2.24) is 0 Å². The second-order valence-electron chi connectivity index (χ2n) is 4.61. The average Bonchev–Trinajstić information content (AvgIpc) is 2.33. The molecule has 15 heavy (non-hydrogen) atoms. The highest BCUT2D eigenvalue weighted by Gasteiger charge is 2.26. The lowest BCUT2D eigenvalue weighted by atomic mass is 9.85. The van der Waals surface area contributed by atoms with Gasteiger partial charge < -0.3 is 5.32 Å². The minimum Gasteiger partial charge on any atom is -0.343 e. The summed E-state index contributed by atoms with van der Waals surface area (Å²) in [6, 6.07) is 11.8. The van der Waals surface area contributed by atoms with Crippen LogP contribution in [0.25, 0.3) is 0 Å². The Labute approximate surface area is 92.9 Å². The topological polar surface area (TPSA) is 16.6 Å². The van der Waals surface area contributed by atoms with Crippen LogP contribution < -0.4 is 5.32 Å². The van der Waals surface area contributed by atoms with Gasteiger partial charge in [0.1, 0.15) is 0 Å². The number of piperidine rings is 1. The Hall–Kier alpha value is -0.820. The summed E-state index contributed by atoms with van der Waals surface area (Å²) >= 11 is 0. The van der Waals surface area contributed by atoms with E-state index in [4.69, 9.17) is 0 Å². The molecule has 0 amide bonds. The van der Waals surface area contributed by atoms with Gasteiger partial charge in [0.05, 0.1) is 12.6 Å². The van der Waals surface area contributed by atoms with E-state index in [2.05, 4.69) is 42.6 Å². The molecule has 2 N–H and O–H groups in total. The summed E-state index contributed by atoms with van der Waals surface area (Å²) in [5.74, 6) is 0.756. The first-order valence-electron chi connectivity index (χ1n) is 6.30. The molecule has 2 atom stereocenters. The van der Waals surface area contributed by atoms with Crippen LogP contribution in [0.4, 0.5) is 0 Å². The number of hydrogen-bond acceptors (Lipinski definition) is 0. The van der Waals surface area contributed by atoms with E-state index in [1.807, 2.05) is 0 Å². The third kappa shape index (κ3) is 2.60. The van der Waals surface area contributed by atoms with Gasteiger partial charge in [-0.2, -0.15) is 0 Å². The molecule has 0 spiro atoms. The standard InChI is InChI=1S/C14H21N/c1-2-13(12-8-4-3-5-9-12)14-10-6-7-11-15-14/h3-5,8-9,13-15H,2,6-7,10-11H2,1H3/p+1/t13-,14+/m0/s1. The third-order valence-corrected chi connectivity index (χ3v) is 3.65. The first-order chi connectivity index (χ1) is 7.42. The highest BCUT2D eigenvalue weighted by Crippen LogP contribution is 2.25. The molecule has 0 saturated carbocycles. The van der Waals surface area contributed by atoms with E-state index >= 15 is 0 Å². The van der Waals surface area contributed by atoms with E-state index in [0.29, 0.717) is 0 Å². The van der Waals surface area contributed by atoms with E-state index < -0.39 is 0 Å². The Morgan fingerprint density at radius 3 is 2.67 bits per heavy atom. The largest absolute Gasteiger partial charge is 0.343 e. The molecule has 82 valence electrons. The number of hydrogen-bond donors (Lipinski definition) is 1. The van der Waals surface area contributed by atoms with Crippen molar-refractivity contribution in [2.24, 2.45) is 0 Å². The molecule has 0 aromatic heterocycles. The van der Waals surface area contributed by atoms with Crippen molar-refractivity contribution < 1.29 is 5.32 Å². The molecule has 1 nitrogen and oxygen atoms in total. The summed E-state index contributed by atoms with van der Waals surface area (Å²) in [5.41, 5.74) is 1.53. The number of quaternary nitrogens is 1. The lowest BCUT2D eigenvalue weighted by Crippen LogP contribution is -2.92. The predicted octanol–water partition coefficient (Wildman–Crippen LogP) is 2.30. The van der Waals surface area contributed by atoms with Crippen molar-refractivity contribution in [1.29, 1.82) is 0 Å². The molecule has 0 bridgehead atoms. The van der Waals surface area contributed by atoms with Gasteiger partial charge in [-0.3, -0.25) is 0 Å². The molecule has 1 aliphatic rings. The maximum Gasteiger partial charge on any atom is 0.0928 e. The van der Waals surface area contributed by atoms with Gasteiger partial charge in [0, 0.05) is 12.3 Å². The van der Waals surface area contributed by atoms with E-state index in [1.165, 1.54) is 37.8 Å². The van der Waals surface area contributed by atoms with Crippen molar-refractivity contribution in [3.8, 4) is 0 Å². The van der Waals surface area contributed by atoms with E-state index in [9.17, 15) is 0 Å². The highest BCUT2D eigenvalue weighted by atomic mass is 14.9. The predicted molar refractivity (Wildman–Crippen MR) is 63.9 cm³/mol. The second-order valence-corrected chi connectivity index (χ2v) is 4.61. The first-order valence-corrected chi connectivity index (χ1v) is 6.30. The summed E-state index contributed by atoms with van der Waals surface area (Å²) in [7, 11) is 0. The van der Waals surface area contributed by atoms with Gasteiger partial charge in [0.15, 0.2) is 0 Å². The molecule has 1 aromatic rings. The summed E-state index contributed by atoms with van der Waals surface area (Å²) in [5, 5.41) is 2.56. The molecule has 1 heterocycles. The fourth-order valence-corrected chi connectivity index (χ4v) is 2.83. The maximum atomic E-state index is 2.56. The van der Waals surface area contributed by atoms with Crippen molar-refractivity contribution in [3.05, 3.63) is 35.9 Å². The van der Waals surface area contributed by atoms with E-state index in [0.717, 1.165) is 12.0 Å². The van der Waals surface area contributed by atoms with Crippen molar-refractivity contribution in [3.63, 3.8) is 0 Å². The van der Waals surface area contributed by atoms with Crippen molar-refractivity contribution in [2.45, 2.75) is 44.6 Å². The lowest BCUT2D eigenvalue weighted by Gasteiger charge is -2.28. The fraction of sp³-hybridized carbons (Fsp3) is 0.571. The first kappa shape index (κ1) is 10.7. The van der Waals surface area contributed by atoms with Crippen LogP contribution in [0, 0.1) is 0 Å². The second kappa shape index (κ2) is 5.32. The van der Waals surface area contributed by atoms with Crippen LogP contribution in [0.5, 0.6) is 0 Å². The SMILES string of the molecule is CC[C@@H](c1ccccc1)[C@H]1CCCC[NH2+]1. The van der Waals surface area contributed by atoms with Crippen LogP contribution in [0.15, 0.2) is 30.3 Å². The van der Waals surface area contributed by atoms with Gasteiger partial charge in [-0.25, -0.2) is 0 Å². The molecular formula is C14H22N+. The molecule has 0 aliphatic carbocycles. The van der Waals surface area contributed by atoms with Gasteiger partial charge in [0.2, 0.25) is 0 Å². The Bertz CT molecular complexity index is 275. The van der Waals surface area contributed by atoms with Gasteiger partial charge in [-0.15, -0.1) is 0 Å². The molecule has 0 radical (unpaired) electrons. The van der Waals surface area contributed by atoms with E-state index in [1.54, 1.807) is 0 Å². The minimum atomic E-state index is 0.756. The summed E-state index contributed by atoms with van der Waals surface area (Å²) in [6.45, 7) is 3.65. The van der Waals surface area contributed by atoms with Gasteiger partial charge in [0.25, 0.3) is 0 Å². The molecule has 1 fully saturated rings. The van der Waals surface area contributed by atoms with Gasteiger partial charge in [-0.05, 0) is 24.8 Å². The van der Waals surface area contributed by atoms with Crippen LogP contribution in [-0.4, -0.2) is 12.6 Å². The van der Waals surface area contributed by atoms with Crippen LogP contribution in [0.3, 0.4) is 0 Å². The summed E-state index contributed by atoms with van der Waals surface area (Å²) in [6.07, 6.45) is 5.49. The van der Waals surface area contributed by atoms with Crippen molar-refractivity contribution >= 4 is 0 Å². The van der Waals surface area contributed by atoms with Crippen LogP contribution in [0.2, 0.25) is 0 Å². The fourth-order valence-electron chi connectivity index (χ4n) is 2.83. The summed E-state index contributed by atoms with van der Waals surface area (Å²) in [4.78, 5) is 0. The Morgan fingerprint density at radius 1 is 1.27 bits per heavy atom. The highest BCUT2D eigenvalue weighted by molar-refractivity contribution is 5.20. The Kier molecular flexibility index (Phi) is 3.79. The molecular weight excluding hydrogens is 182 g/mol. The average molecular weight is 204 g/mol. The van der Waals surface area contributed by atoms with Crippen LogP contribution in [-0.2, 0) is 0 Å². The summed E-state index contributed by atoms with van der Waals surface area (Å²) < 4.78 is 0. The molecule has 1 aliphatic heterocycles. The molecule has 2 rings (SSSR count). The molecule has 0 unspecified atom stereocenters. The van der Waals surface area contributed by atoms with Crippen LogP contribution >= 0.6 is 0 Å². The molecule has 1 saturated heterocycles. The third-order valence-electron chi connectivity index (χ3n) is 3.65. The zero-order valence-corrected chi connectivity index (χ0v) is 9.65. The van der Waals surface area contributed by atoms with E-state index in [-0.39, 0.29) is 0 Å². The maximum absolute atomic E-state index is 2.56. The number of benzene rings is 1. The number of nitrogens with two attached hydrogens (primary N) is 1. The lowest BCUT2D eigenvalue weighted by molar-refractivity contribution is -0.700. The quantitative estimate of drug-likeness (QED) is 0.778. The molecule has 1 aromatic carbocycles. The normalized spacial score (nSPS) is 23.7. The Morgan fingerprint density at radius 2 is 2.07 bits per heavy atom. The van der Waals surface area contributed by atoms with Gasteiger partial charge in [-0.1, -0.05) is 37.3 Å². The van der Waals surface area contributed by atoms with Gasteiger partial charge >= 0.3 is 0 Å². The van der Waals surface area contributed by atoms with Crippen LogP contribution in [0.1, 0.15) is 44.1 Å². The number of rotatable bonds is 3. The van der Waals surface area contributed by atoms with Crippen molar-refractivity contribution in [2.75, 3.05) is 6.54 Å². The Balaban J connectivity index is 2.09.